The van der Waals surface area contributed by atoms with Crippen molar-refractivity contribution in [1.82, 2.24) is 4.90 Å². The fraction of sp³-hybridized carbons (Fsp3) is 0.370. The van der Waals surface area contributed by atoms with Crippen LogP contribution in [0.3, 0.4) is 0 Å². The zero-order valence-electron chi connectivity index (χ0n) is 19.6. The van der Waals surface area contributed by atoms with Crippen LogP contribution in [0.25, 0.3) is 11.0 Å². The Morgan fingerprint density at radius 2 is 1.79 bits per heavy atom. The minimum atomic E-state index is -0.561. The monoisotopic (exact) mass is 461 g/mol. The first-order chi connectivity index (χ1) is 16.2. The average molecular weight is 462 g/mol. The Morgan fingerprint density at radius 3 is 2.56 bits per heavy atom. The molecule has 5 rings (SSSR count). The number of carbonyl (C=O) groups excluding carboxylic acids is 2. The van der Waals surface area contributed by atoms with Gasteiger partial charge in [-0.15, -0.1) is 0 Å². The highest BCUT2D eigenvalue weighted by molar-refractivity contribution is 6.01. The molecule has 2 aromatic carbocycles. The van der Waals surface area contributed by atoms with Crippen molar-refractivity contribution in [3.63, 3.8) is 0 Å². The third-order valence-electron chi connectivity index (χ3n) is 7.09. The van der Waals surface area contributed by atoms with E-state index in [0.717, 1.165) is 22.1 Å². The van der Waals surface area contributed by atoms with Gasteiger partial charge in [-0.3, -0.25) is 9.59 Å². The number of nitrogens with zero attached hydrogens (tertiary/aromatic N) is 1. The second kappa shape index (κ2) is 8.31. The van der Waals surface area contributed by atoms with Crippen LogP contribution in [0, 0.1) is 20.8 Å². The van der Waals surface area contributed by atoms with Gasteiger partial charge in [-0.05, 0) is 55.7 Å². The molecule has 0 N–H and O–H groups in total. The molecule has 1 spiro atoms. The summed E-state index contributed by atoms with van der Waals surface area (Å²) in [4.78, 5) is 39.0. The molecule has 7 heteroatoms. The summed E-state index contributed by atoms with van der Waals surface area (Å²) < 4.78 is 17.4. The van der Waals surface area contributed by atoms with Gasteiger partial charge in [0.1, 0.15) is 22.7 Å². The molecule has 34 heavy (non-hydrogen) atoms. The Bertz CT molecular complexity index is 1360. The van der Waals surface area contributed by atoms with Crippen molar-refractivity contribution in [2.24, 2.45) is 0 Å². The summed E-state index contributed by atoms with van der Waals surface area (Å²) in [6.45, 7) is 6.72. The maximum absolute atomic E-state index is 12.8. The first-order valence-electron chi connectivity index (χ1n) is 11.5. The Kier molecular flexibility index (Phi) is 5.42. The zero-order chi connectivity index (χ0) is 24.0. The molecular formula is C27H27NO6. The number of rotatable bonds is 3. The smallest absolute Gasteiger partial charge is 0.336 e. The standard InChI is InChI=1S/C27H27NO6/c1-16-4-6-21-22(29)14-27(34-26(21)18(16)3)8-10-28(11-9-27)24(30)15-32-19-5-7-20-17(2)12-25(31)33-23(20)13-19/h4-7,12-13H,8-11,14-15H2,1-3H3. The number of likely N-dealkylation sites (tertiary alicyclic amines) is 1. The molecule has 0 saturated carbocycles. The van der Waals surface area contributed by atoms with Crippen molar-refractivity contribution < 1.29 is 23.5 Å². The van der Waals surface area contributed by atoms with Crippen molar-refractivity contribution in [2.75, 3.05) is 19.7 Å². The van der Waals surface area contributed by atoms with E-state index in [1.807, 2.05) is 39.0 Å². The number of hydrogen-bond acceptors (Lipinski definition) is 6. The number of hydrogen-bond donors (Lipinski definition) is 0. The van der Waals surface area contributed by atoms with E-state index >= 15 is 0 Å². The van der Waals surface area contributed by atoms with E-state index in [2.05, 4.69) is 0 Å². The molecule has 1 aromatic heterocycles. The maximum Gasteiger partial charge on any atom is 0.336 e. The van der Waals surface area contributed by atoms with Gasteiger partial charge < -0.3 is 18.8 Å². The third kappa shape index (κ3) is 3.95. The van der Waals surface area contributed by atoms with Crippen LogP contribution >= 0.6 is 0 Å². The van der Waals surface area contributed by atoms with Crippen LogP contribution in [0.4, 0.5) is 0 Å². The first kappa shape index (κ1) is 22.2. The SMILES string of the molecule is Cc1ccc2c(c1C)OC1(CCN(C(=O)COc3ccc4c(C)cc(=O)oc4c3)CC1)CC2=O. The van der Waals surface area contributed by atoms with Gasteiger partial charge in [-0.25, -0.2) is 4.79 Å². The summed E-state index contributed by atoms with van der Waals surface area (Å²) in [7, 11) is 0. The Balaban J connectivity index is 1.23. The molecule has 0 aliphatic carbocycles. The van der Waals surface area contributed by atoms with Gasteiger partial charge in [0.15, 0.2) is 12.4 Å². The number of piperidine rings is 1. The van der Waals surface area contributed by atoms with E-state index in [-0.39, 0.29) is 18.3 Å². The number of benzene rings is 2. The van der Waals surface area contributed by atoms with Gasteiger partial charge >= 0.3 is 5.63 Å². The van der Waals surface area contributed by atoms with Gasteiger partial charge in [-0.2, -0.15) is 0 Å². The molecule has 3 heterocycles. The van der Waals surface area contributed by atoms with Crippen LogP contribution in [0.1, 0.15) is 46.3 Å². The maximum atomic E-state index is 12.8. The Morgan fingerprint density at radius 1 is 1.03 bits per heavy atom. The van der Waals surface area contributed by atoms with E-state index in [1.54, 1.807) is 17.0 Å². The topological polar surface area (TPSA) is 86.0 Å². The van der Waals surface area contributed by atoms with Crippen LogP contribution in [0.2, 0.25) is 0 Å². The lowest BCUT2D eigenvalue weighted by Gasteiger charge is -2.44. The fourth-order valence-corrected chi connectivity index (χ4v) is 4.86. The predicted molar refractivity (Wildman–Crippen MR) is 127 cm³/mol. The molecule has 176 valence electrons. The highest BCUT2D eigenvalue weighted by Gasteiger charge is 2.44. The van der Waals surface area contributed by atoms with Gasteiger partial charge in [-0.1, -0.05) is 6.07 Å². The molecule has 0 unspecified atom stereocenters. The van der Waals surface area contributed by atoms with Gasteiger partial charge in [0.25, 0.3) is 5.91 Å². The number of amides is 1. The molecule has 0 atom stereocenters. The lowest BCUT2D eigenvalue weighted by molar-refractivity contribution is -0.136. The van der Waals surface area contributed by atoms with Crippen LogP contribution < -0.4 is 15.1 Å². The molecule has 2 aliphatic heterocycles. The molecule has 3 aromatic rings. The third-order valence-corrected chi connectivity index (χ3v) is 7.09. The number of carbonyl (C=O) groups is 2. The lowest BCUT2D eigenvalue weighted by atomic mass is 9.81. The summed E-state index contributed by atoms with van der Waals surface area (Å²) in [6, 6.07) is 10.5. The van der Waals surface area contributed by atoms with Gasteiger partial charge in [0.2, 0.25) is 0 Å². The number of ketones is 1. The number of ether oxygens (including phenoxy) is 2. The normalized spacial score (nSPS) is 16.9. The van der Waals surface area contributed by atoms with Crippen LogP contribution in [0.15, 0.2) is 45.6 Å². The summed E-state index contributed by atoms with van der Waals surface area (Å²) in [5, 5.41) is 0.827. The van der Waals surface area contributed by atoms with E-state index in [9.17, 15) is 14.4 Å². The molecule has 0 bridgehead atoms. The lowest BCUT2D eigenvalue weighted by Crippen LogP contribution is -2.53. The van der Waals surface area contributed by atoms with Crippen LogP contribution in [-0.2, 0) is 4.79 Å². The molecule has 0 radical (unpaired) electrons. The summed E-state index contributed by atoms with van der Waals surface area (Å²) in [5.41, 5.74) is 3.02. The Labute approximate surface area is 197 Å². The second-order valence-corrected chi connectivity index (χ2v) is 9.35. The molecule has 2 aliphatic rings. The molecular weight excluding hydrogens is 434 g/mol. The predicted octanol–water partition coefficient (Wildman–Crippen LogP) is 4.12. The molecule has 1 saturated heterocycles. The number of aryl methyl sites for hydroxylation is 2. The zero-order valence-corrected chi connectivity index (χ0v) is 19.6. The van der Waals surface area contributed by atoms with Crippen LogP contribution in [-0.4, -0.2) is 41.9 Å². The van der Waals surface area contributed by atoms with E-state index in [1.165, 1.54) is 6.07 Å². The highest BCUT2D eigenvalue weighted by Crippen LogP contribution is 2.41. The van der Waals surface area contributed by atoms with Crippen molar-refractivity contribution in [1.29, 1.82) is 0 Å². The molecule has 7 nitrogen and oxygen atoms in total. The quantitative estimate of drug-likeness (QED) is 0.546. The fourth-order valence-electron chi connectivity index (χ4n) is 4.86. The first-order valence-corrected chi connectivity index (χ1v) is 11.5. The Hall–Kier alpha value is -3.61. The van der Waals surface area contributed by atoms with Crippen LogP contribution in [0.5, 0.6) is 11.5 Å². The number of Topliss-reactive ketones (excluding diaryl/α,β-unsaturated/α-hetero) is 1. The second-order valence-electron chi connectivity index (χ2n) is 9.35. The van der Waals surface area contributed by atoms with Crippen molar-refractivity contribution in [3.05, 3.63) is 69.1 Å². The van der Waals surface area contributed by atoms with E-state index < -0.39 is 11.2 Å². The summed E-state index contributed by atoms with van der Waals surface area (Å²) in [5.74, 6) is 1.13. The largest absolute Gasteiger partial charge is 0.486 e. The van der Waals surface area contributed by atoms with Gasteiger partial charge in [0, 0.05) is 43.5 Å². The van der Waals surface area contributed by atoms with Crippen molar-refractivity contribution in [3.8, 4) is 11.5 Å². The summed E-state index contributed by atoms with van der Waals surface area (Å²) in [6.07, 6.45) is 1.53. The van der Waals surface area contributed by atoms with Gasteiger partial charge in [0.05, 0.1) is 12.0 Å². The minimum absolute atomic E-state index is 0.102. The average Bonchev–Trinajstić information content (AvgIpc) is 2.80. The van der Waals surface area contributed by atoms with Crippen molar-refractivity contribution >= 4 is 22.7 Å². The molecule has 1 amide bonds. The highest BCUT2D eigenvalue weighted by atomic mass is 16.5. The molecule has 1 fully saturated rings. The van der Waals surface area contributed by atoms with E-state index in [4.69, 9.17) is 13.9 Å². The van der Waals surface area contributed by atoms with Crippen molar-refractivity contribution in [2.45, 2.75) is 45.6 Å². The van der Waals surface area contributed by atoms with E-state index in [0.29, 0.717) is 55.0 Å². The minimum Gasteiger partial charge on any atom is -0.486 e. The number of fused-ring (bicyclic) bond motifs is 2. The summed E-state index contributed by atoms with van der Waals surface area (Å²) >= 11 is 0.